The SMILES string of the molecule is COC(=O)c1cc(-c2ccccc2)sc1NC(=O)CCCOc1ccccc1OC. The topological polar surface area (TPSA) is 73.9 Å². The van der Waals surface area contributed by atoms with E-state index in [0.29, 0.717) is 35.1 Å². The number of benzene rings is 2. The summed E-state index contributed by atoms with van der Waals surface area (Å²) in [5.74, 6) is 0.615. The van der Waals surface area contributed by atoms with E-state index in [4.69, 9.17) is 14.2 Å². The maximum Gasteiger partial charge on any atom is 0.340 e. The summed E-state index contributed by atoms with van der Waals surface area (Å²) in [5, 5.41) is 3.32. The van der Waals surface area contributed by atoms with Crippen LogP contribution in [0.5, 0.6) is 11.5 Å². The van der Waals surface area contributed by atoms with E-state index < -0.39 is 5.97 Å². The second kappa shape index (κ2) is 10.5. The molecule has 0 aliphatic rings. The van der Waals surface area contributed by atoms with E-state index in [2.05, 4.69) is 5.32 Å². The van der Waals surface area contributed by atoms with Gasteiger partial charge in [-0.25, -0.2) is 4.79 Å². The Morgan fingerprint density at radius 2 is 1.67 bits per heavy atom. The van der Waals surface area contributed by atoms with Crippen molar-refractivity contribution in [1.82, 2.24) is 0 Å². The van der Waals surface area contributed by atoms with Gasteiger partial charge in [-0.3, -0.25) is 4.79 Å². The minimum atomic E-state index is -0.483. The molecule has 0 aliphatic heterocycles. The molecule has 0 aliphatic carbocycles. The van der Waals surface area contributed by atoms with E-state index in [0.717, 1.165) is 10.4 Å². The lowest BCUT2D eigenvalue weighted by molar-refractivity contribution is -0.116. The fourth-order valence-corrected chi connectivity index (χ4v) is 3.90. The van der Waals surface area contributed by atoms with Crippen LogP contribution < -0.4 is 14.8 Å². The van der Waals surface area contributed by atoms with Gasteiger partial charge in [0.1, 0.15) is 5.00 Å². The number of hydrogen-bond donors (Lipinski definition) is 1. The van der Waals surface area contributed by atoms with Crippen LogP contribution in [0.1, 0.15) is 23.2 Å². The third-order valence-corrected chi connectivity index (χ3v) is 5.42. The van der Waals surface area contributed by atoms with Crippen LogP contribution in [-0.4, -0.2) is 32.7 Å². The molecule has 0 atom stereocenters. The zero-order chi connectivity index (χ0) is 21.3. The minimum absolute atomic E-state index is 0.190. The van der Waals surface area contributed by atoms with Gasteiger partial charge in [0.15, 0.2) is 11.5 Å². The highest BCUT2D eigenvalue weighted by Gasteiger charge is 2.19. The minimum Gasteiger partial charge on any atom is -0.493 e. The highest BCUT2D eigenvalue weighted by atomic mass is 32.1. The van der Waals surface area contributed by atoms with Crippen molar-refractivity contribution in [1.29, 1.82) is 0 Å². The number of carbonyl (C=O) groups is 2. The summed E-state index contributed by atoms with van der Waals surface area (Å²) in [4.78, 5) is 25.4. The van der Waals surface area contributed by atoms with Crippen molar-refractivity contribution in [3.05, 3.63) is 66.2 Å². The van der Waals surface area contributed by atoms with Crippen LogP contribution in [0.3, 0.4) is 0 Å². The van der Waals surface area contributed by atoms with Crippen LogP contribution in [0.2, 0.25) is 0 Å². The first-order chi connectivity index (χ1) is 14.6. The second-order valence-electron chi connectivity index (χ2n) is 6.36. The first kappa shape index (κ1) is 21.4. The Bertz CT molecular complexity index is 1000. The molecule has 2 aromatic carbocycles. The molecular formula is C23H23NO5S. The smallest absolute Gasteiger partial charge is 0.340 e. The molecule has 0 saturated carbocycles. The summed E-state index contributed by atoms with van der Waals surface area (Å²) >= 11 is 1.35. The number of ether oxygens (including phenoxy) is 3. The summed E-state index contributed by atoms with van der Waals surface area (Å²) in [6.45, 7) is 0.372. The molecule has 0 saturated heterocycles. The summed E-state index contributed by atoms with van der Waals surface area (Å²) in [6, 6.07) is 18.8. The Kier molecular flexibility index (Phi) is 7.45. The Morgan fingerprint density at radius 1 is 0.967 bits per heavy atom. The number of methoxy groups -OCH3 is 2. The van der Waals surface area contributed by atoms with Crippen molar-refractivity contribution in [2.75, 3.05) is 26.1 Å². The maximum absolute atomic E-state index is 12.4. The van der Waals surface area contributed by atoms with E-state index in [-0.39, 0.29) is 12.3 Å². The second-order valence-corrected chi connectivity index (χ2v) is 7.41. The summed E-state index contributed by atoms with van der Waals surface area (Å²) < 4.78 is 15.8. The zero-order valence-electron chi connectivity index (χ0n) is 16.8. The predicted molar refractivity (Wildman–Crippen MR) is 117 cm³/mol. The van der Waals surface area contributed by atoms with Gasteiger partial charge < -0.3 is 19.5 Å². The Hall–Kier alpha value is -3.32. The number of rotatable bonds is 9. The molecule has 0 bridgehead atoms. The van der Waals surface area contributed by atoms with E-state index in [1.165, 1.54) is 18.4 Å². The Balaban J connectivity index is 1.60. The fourth-order valence-electron chi connectivity index (χ4n) is 2.83. The van der Waals surface area contributed by atoms with E-state index in [1.54, 1.807) is 13.2 Å². The Labute approximate surface area is 179 Å². The van der Waals surface area contributed by atoms with Gasteiger partial charge in [-0.15, -0.1) is 11.3 Å². The zero-order valence-corrected chi connectivity index (χ0v) is 17.7. The van der Waals surface area contributed by atoms with Gasteiger partial charge in [0.05, 0.1) is 26.4 Å². The van der Waals surface area contributed by atoms with Crippen LogP contribution in [-0.2, 0) is 9.53 Å². The van der Waals surface area contributed by atoms with Crippen LogP contribution in [0, 0.1) is 0 Å². The van der Waals surface area contributed by atoms with Gasteiger partial charge >= 0.3 is 5.97 Å². The molecule has 1 N–H and O–H groups in total. The molecule has 1 aromatic heterocycles. The van der Waals surface area contributed by atoms with E-state index in [9.17, 15) is 9.59 Å². The van der Waals surface area contributed by atoms with Crippen molar-refractivity contribution in [2.45, 2.75) is 12.8 Å². The number of hydrogen-bond acceptors (Lipinski definition) is 6. The molecular weight excluding hydrogens is 402 g/mol. The quantitative estimate of drug-likeness (QED) is 0.385. The number of nitrogens with one attached hydrogen (secondary N) is 1. The molecule has 3 rings (SSSR count). The van der Waals surface area contributed by atoms with E-state index in [1.807, 2.05) is 54.6 Å². The number of para-hydroxylation sites is 2. The molecule has 1 heterocycles. The molecule has 156 valence electrons. The third kappa shape index (κ3) is 5.39. The number of anilines is 1. The lowest BCUT2D eigenvalue weighted by Gasteiger charge is -2.10. The molecule has 3 aromatic rings. The molecule has 1 amide bonds. The van der Waals surface area contributed by atoms with Gasteiger partial charge in [-0.05, 0) is 30.2 Å². The molecule has 7 heteroatoms. The number of carbonyl (C=O) groups excluding carboxylic acids is 2. The standard InChI is InChI=1S/C23H23NO5S/c1-27-18-11-6-7-12-19(18)29-14-8-13-21(25)24-22-17(23(26)28-2)15-20(30-22)16-9-4-3-5-10-16/h3-7,9-12,15H,8,13-14H2,1-2H3,(H,24,25). The van der Waals surface area contributed by atoms with E-state index >= 15 is 0 Å². The van der Waals surface area contributed by atoms with Gasteiger partial charge in [-0.1, -0.05) is 42.5 Å². The molecule has 0 radical (unpaired) electrons. The third-order valence-electron chi connectivity index (χ3n) is 4.32. The first-order valence-corrected chi connectivity index (χ1v) is 10.3. The molecule has 0 unspecified atom stereocenters. The largest absolute Gasteiger partial charge is 0.493 e. The van der Waals surface area contributed by atoms with Crippen molar-refractivity contribution in [2.24, 2.45) is 0 Å². The van der Waals surface area contributed by atoms with Gasteiger partial charge in [0.25, 0.3) is 0 Å². The van der Waals surface area contributed by atoms with Crippen molar-refractivity contribution < 1.29 is 23.8 Å². The first-order valence-electron chi connectivity index (χ1n) is 9.45. The van der Waals surface area contributed by atoms with Crippen LogP contribution >= 0.6 is 11.3 Å². The number of esters is 1. The maximum atomic E-state index is 12.4. The molecule has 6 nitrogen and oxygen atoms in total. The number of thiophene rings is 1. The molecule has 30 heavy (non-hydrogen) atoms. The lowest BCUT2D eigenvalue weighted by Crippen LogP contribution is -2.14. The van der Waals surface area contributed by atoms with Crippen molar-refractivity contribution in [3.8, 4) is 21.9 Å². The normalized spacial score (nSPS) is 10.3. The van der Waals surface area contributed by atoms with Crippen LogP contribution in [0.15, 0.2) is 60.7 Å². The van der Waals surface area contributed by atoms with Gasteiger partial charge in [-0.2, -0.15) is 0 Å². The average molecular weight is 426 g/mol. The number of amides is 1. The summed E-state index contributed by atoms with van der Waals surface area (Å²) in [6.07, 6.45) is 0.780. The molecule has 0 fully saturated rings. The monoisotopic (exact) mass is 425 g/mol. The fraction of sp³-hybridized carbons (Fsp3) is 0.217. The van der Waals surface area contributed by atoms with Gasteiger partial charge in [0.2, 0.25) is 5.91 Å². The summed E-state index contributed by atoms with van der Waals surface area (Å²) in [5.41, 5.74) is 1.32. The van der Waals surface area contributed by atoms with Crippen molar-refractivity contribution in [3.63, 3.8) is 0 Å². The average Bonchev–Trinajstić information content (AvgIpc) is 3.20. The van der Waals surface area contributed by atoms with Crippen LogP contribution in [0.4, 0.5) is 5.00 Å². The summed E-state index contributed by atoms with van der Waals surface area (Å²) in [7, 11) is 2.91. The Morgan fingerprint density at radius 3 is 2.37 bits per heavy atom. The highest BCUT2D eigenvalue weighted by Crippen LogP contribution is 2.36. The van der Waals surface area contributed by atoms with Crippen LogP contribution in [0.25, 0.3) is 10.4 Å². The van der Waals surface area contributed by atoms with Crippen molar-refractivity contribution >= 4 is 28.2 Å². The van der Waals surface area contributed by atoms with Gasteiger partial charge in [0, 0.05) is 11.3 Å². The molecule has 0 spiro atoms. The highest BCUT2D eigenvalue weighted by molar-refractivity contribution is 7.20. The predicted octanol–water partition coefficient (Wildman–Crippen LogP) is 5.01. The lowest BCUT2D eigenvalue weighted by atomic mass is 10.1.